The van der Waals surface area contributed by atoms with Crippen LogP contribution in [0.3, 0.4) is 0 Å². The number of unbranched alkanes of at least 4 members (excludes halogenated alkanes) is 1. The van der Waals surface area contributed by atoms with Crippen LogP contribution >= 0.6 is 15.9 Å². The summed E-state index contributed by atoms with van der Waals surface area (Å²) in [7, 11) is 0. The lowest BCUT2D eigenvalue weighted by atomic mass is 9.96. The number of alkyl halides is 1. The Hall–Kier alpha value is -0.0900. The molecule has 0 aromatic heterocycles. The molecule has 0 aliphatic carbocycles. The van der Waals surface area contributed by atoms with Crippen LogP contribution in [0.15, 0.2) is 0 Å². The fourth-order valence-electron chi connectivity index (χ4n) is 1.54. The summed E-state index contributed by atoms with van der Waals surface area (Å²) in [6.45, 7) is 2.06. The lowest BCUT2D eigenvalue weighted by Crippen LogP contribution is -2.27. The van der Waals surface area contributed by atoms with Crippen LogP contribution in [-0.2, 0) is 9.53 Å². The van der Waals surface area contributed by atoms with Crippen LogP contribution in [0.1, 0.15) is 26.2 Å². The molecular weight excluding hydrogens is 236 g/mol. The van der Waals surface area contributed by atoms with Crippen LogP contribution in [0.2, 0.25) is 0 Å². The van der Waals surface area contributed by atoms with Gasteiger partial charge in [-0.2, -0.15) is 0 Å². The van der Waals surface area contributed by atoms with Crippen molar-refractivity contribution in [2.45, 2.75) is 38.4 Å². The SMILES string of the molecule is CCCC[C@H]1C(=O)O[C@H](CBr)[C@@H]1O. The molecule has 76 valence electrons. The van der Waals surface area contributed by atoms with E-state index in [0.29, 0.717) is 5.33 Å². The molecule has 0 spiro atoms. The third-order valence-electron chi connectivity index (χ3n) is 2.38. The largest absolute Gasteiger partial charge is 0.458 e. The van der Waals surface area contributed by atoms with Gasteiger partial charge in [-0.25, -0.2) is 0 Å². The number of aliphatic hydroxyl groups is 1. The molecule has 3 atom stereocenters. The monoisotopic (exact) mass is 250 g/mol. The molecule has 0 bridgehead atoms. The number of hydrogen-bond acceptors (Lipinski definition) is 3. The zero-order valence-electron chi connectivity index (χ0n) is 7.70. The third-order valence-corrected chi connectivity index (χ3v) is 3.02. The molecule has 0 aromatic carbocycles. The van der Waals surface area contributed by atoms with Gasteiger partial charge in [-0.05, 0) is 6.42 Å². The van der Waals surface area contributed by atoms with Gasteiger partial charge in [0.2, 0.25) is 0 Å². The molecule has 0 unspecified atom stereocenters. The summed E-state index contributed by atoms with van der Waals surface area (Å²) in [4.78, 5) is 11.3. The van der Waals surface area contributed by atoms with Crippen molar-refractivity contribution in [1.29, 1.82) is 0 Å². The molecule has 13 heavy (non-hydrogen) atoms. The fourth-order valence-corrected chi connectivity index (χ4v) is 2.06. The van der Waals surface area contributed by atoms with Crippen LogP contribution < -0.4 is 0 Å². The summed E-state index contributed by atoms with van der Waals surface area (Å²) >= 11 is 3.20. The standard InChI is InChI=1S/C9H15BrO3/c1-2-3-4-6-8(11)7(5-10)13-9(6)12/h6-8,11H,2-5H2,1H3/t6-,7-,8-/m1/s1. The van der Waals surface area contributed by atoms with Crippen molar-refractivity contribution in [1.82, 2.24) is 0 Å². The highest BCUT2D eigenvalue weighted by Crippen LogP contribution is 2.27. The zero-order valence-corrected chi connectivity index (χ0v) is 9.29. The first-order valence-corrected chi connectivity index (χ1v) is 5.77. The van der Waals surface area contributed by atoms with Crippen LogP contribution in [-0.4, -0.2) is 28.6 Å². The number of esters is 1. The normalized spacial score (nSPS) is 33.5. The Labute approximate surface area is 86.6 Å². The van der Waals surface area contributed by atoms with E-state index in [1.165, 1.54) is 0 Å². The van der Waals surface area contributed by atoms with Gasteiger partial charge in [-0.3, -0.25) is 4.79 Å². The first kappa shape index (κ1) is 11.0. The summed E-state index contributed by atoms with van der Waals surface area (Å²) in [6, 6.07) is 0. The van der Waals surface area contributed by atoms with E-state index >= 15 is 0 Å². The molecule has 0 aromatic rings. The average molecular weight is 251 g/mol. The minimum atomic E-state index is -0.626. The highest BCUT2D eigenvalue weighted by molar-refractivity contribution is 9.09. The van der Waals surface area contributed by atoms with Crippen molar-refractivity contribution in [2.75, 3.05) is 5.33 Å². The van der Waals surface area contributed by atoms with Crippen molar-refractivity contribution in [3.05, 3.63) is 0 Å². The van der Waals surface area contributed by atoms with Gasteiger partial charge < -0.3 is 9.84 Å². The maximum absolute atomic E-state index is 11.3. The van der Waals surface area contributed by atoms with E-state index in [-0.39, 0.29) is 18.0 Å². The quantitative estimate of drug-likeness (QED) is 0.608. The molecule has 0 amide bonds. The van der Waals surface area contributed by atoms with Crippen molar-refractivity contribution in [2.24, 2.45) is 5.92 Å². The molecule has 3 nitrogen and oxygen atoms in total. The maximum atomic E-state index is 11.3. The predicted octanol–water partition coefficient (Wildman–Crippen LogP) is 1.47. The van der Waals surface area contributed by atoms with E-state index in [2.05, 4.69) is 22.9 Å². The Morgan fingerprint density at radius 2 is 2.31 bits per heavy atom. The number of cyclic esters (lactones) is 1. The summed E-state index contributed by atoms with van der Waals surface area (Å²) < 4.78 is 5.00. The average Bonchev–Trinajstić information content (AvgIpc) is 2.39. The highest BCUT2D eigenvalue weighted by Gasteiger charge is 2.42. The van der Waals surface area contributed by atoms with E-state index in [1.807, 2.05) is 0 Å². The van der Waals surface area contributed by atoms with Gasteiger partial charge in [0, 0.05) is 5.33 Å². The van der Waals surface area contributed by atoms with Gasteiger partial charge >= 0.3 is 5.97 Å². The lowest BCUT2D eigenvalue weighted by Gasteiger charge is -2.12. The summed E-state index contributed by atoms with van der Waals surface area (Å²) in [5.74, 6) is -0.548. The maximum Gasteiger partial charge on any atom is 0.312 e. The second-order valence-corrected chi connectivity index (χ2v) is 4.02. The van der Waals surface area contributed by atoms with Gasteiger partial charge in [-0.1, -0.05) is 35.7 Å². The number of hydrogen-bond donors (Lipinski definition) is 1. The van der Waals surface area contributed by atoms with E-state index in [4.69, 9.17) is 4.74 Å². The van der Waals surface area contributed by atoms with Crippen LogP contribution in [0.25, 0.3) is 0 Å². The number of carbonyl (C=O) groups excluding carboxylic acids is 1. The number of carbonyl (C=O) groups is 1. The first-order chi connectivity index (χ1) is 6.20. The van der Waals surface area contributed by atoms with Crippen molar-refractivity contribution < 1.29 is 14.6 Å². The molecule has 0 saturated carbocycles. The Bertz CT molecular complexity index is 184. The fraction of sp³-hybridized carbons (Fsp3) is 0.889. The molecule has 4 heteroatoms. The molecule has 1 saturated heterocycles. The highest BCUT2D eigenvalue weighted by atomic mass is 79.9. The van der Waals surface area contributed by atoms with E-state index < -0.39 is 6.10 Å². The number of rotatable bonds is 4. The second-order valence-electron chi connectivity index (χ2n) is 3.37. The third kappa shape index (κ3) is 2.44. The topological polar surface area (TPSA) is 46.5 Å². The van der Waals surface area contributed by atoms with Crippen LogP contribution in [0.5, 0.6) is 0 Å². The Kier molecular flexibility index (Phi) is 4.19. The molecular formula is C9H15BrO3. The van der Waals surface area contributed by atoms with Gasteiger partial charge in [0.25, 0.3) is 0 Å². The summed E-state index contributed by atoms with van der Waals surface area (Å²) in [5.41, 5.74) is 0. The zero-order chi connectivity index (χ0) is 9.84. The minimum absolute atomic E-state index is 0.245. The van der Waals surface area contributed by atoms with Gasteiger partial charge in [0.05, 0.1) is 5.92 Å². The molecule has 1 heterocycles. The van der Waals surface area contributed by atoms with Crippen LogP contribution in [0, 0.1) is 5.92 Å². The Balaban J connectivity index is 2.49. The Morgan fingerprint density at radius 1 is 1.62 bits per heavy atom. The predicted molar refractivity (Wildman–Crippen MR) is 52.7 cm³/mol. The number of ether oxygens (including phenoxy) is 1. The van der Waals surface area contributed by atoms with Gasteiger partial charge in [0.1, 0.15) is 12.2 Å². The van der Waals surface area contributed by atoms with Gasteiger partial charge in [0.15, 0.2) is 0 Å². The van der Waals surface area contributed by atoms with Crippen molar-refractivity contribution in [3.63, 3.8) is 0 Å². The smallest absolute Gasteiger partial charge is 0.312 e. The lowest BCUT2D eigenvalue weighted by molar-refractivity contribution is -0.143. The second kappa shape index (κ2) is 4.96. The molecule has 1 fully saturated rings. The van der Waals surface area contributed by atoms with Crippen molar-refractivity contribution in [3.8, 4) is 0 Å². The molecule has 0 radical (unpaired) electrons. The minimum Gasteiger partial charge on any atom is -0.458 e. The van der Waals surface area contributed by atoms with Gasteiger partial charge in [-0.15, -0.1) is 0 Å². The van der Waals surface area contributed by atoms with E-state index in [9.17, 15) is 9.90 Å². The molecule has 1 N–H and O–H groups in total. The first-order valence-electron chi connectivity index (χ1n) is 4.65. The van der Waals surface area contributed by atoms with E-state index in [1.54, 1.807) is 0 Å². The Morgan fingerprint density at radius 3 is 2.77 bits per heavy atom. The van der Waals surface area contributed by atoms with E-state index in [0.717, 1.165) is 19.3 Å². The van der Waals surface area contributed by atoms with Crippen molar-refractivity contribution >= 4 is 21.9 Å². The summed E-state index contributed by atoms with van der Waals surface area (Å²) in [5, 5.41) is 10.2. The molecule has 1 rings (SSSR count). The molecule has 1 aliphatic rings. The number of halogens is 1. The molecule has 1 aliphatic heterocycles. The summed E-state index contributed by atoms with van der Waals surface area (Å²) in [6.07, 6.45) is 1.76. The number of aliphatic hydroxyl groups excluding tert-OH is 1. The van der Waals surface area contributed by atoms with Crippen LogP contribution in [0.4, 0.5) is 0 Å².